The van der Waals surface area contributed by atoms with Crippen molar-refractivity contribution in [2.75, 3.05) is 5.73 Å². The van der Waals surface area contributed by atoms with Crippen LogP contribution in [0.1, 0.15) is 0 Å². The fourth-order valence-electron chi connectivity index (χ4n) is 1.57. The van der Waals surface area contributed by atoms with Gasteiger partial charge in [-0.15, -0.1) is 0 Å². The summed E-state index contributed by atoms with van der Waals surface area (Å²) in [5.74, 6) is -0.302. The smallest absolute Gasteiger partial charge is 0.273 e. The second-order valence-corrected chi connectivity index (χ2v) is 3.54. The van der Waals surface area contributed by atoms with Crippen molar-refractivity contribution in [3.8, 4) is 11.3 Å². The molecule has 16 heavy (non-hydrogen) atoms. The zero-order chi connectivity index (χ0) is 11.7. The average molecular weight is 218 g/mol. The molecule has 0 spiro atoms. The van der Waals surface area contributed by atoms with Gasteiger partial charge in [-0.05, 0) is 42.0 Å². The van der Waals surface area contributed by atoms with Gasteiger partial charge in [0.15, 0.2) is 0 Å². The molecule has 3 nitrogen and oxygen atoms in total. The van der Waals surface area contributed by atoms with Crippen molar-refractivity contribution in [3.63, 3.8) is 0 Å². The van der Waals surface area contributed by atoms with Crippen LogP contribution in [0.5, 0.6) is 0 Å². The first kappa shape index (κ1) is 10.4. The number of hydrogen-bond donors (Lipinski definition) is 1. The molecular weight excluding hydrogens is 207 g/mol. The number of rotatable bonds is 1. The first-order valence-electron chi connectivity index (χ1n) is 4.81. The Bertz CT molecular complexity index is 573. The average Bonchev–Trinajstić information content (AvgIpc) is 2.28. The summed E-state index contributed by atoms with van der Waals surface area (Å²) in [5, 5.41) is 0. The van der Waals surface area contributed by atoms with Crippen molar-refractivity contribution in [2.45, 2.75) is 0 Å². The molecule has 2 N–H and O–H groups in total. The van der Waals surface area contributed by atoms with E-state index in [-0.39, 0.29) is 17.1 Å². The molecule has 0 saturated carbocycles. The highest BCUT2D eigenvalue weighted by molar-refractivity contribution is 5.61. The highest BCUT2D eigenvalue weighted by Gasteiger charge is 2.05. The third-order valence-corrected chi connectivity index (χ3v) is 2.47. The second-order valence-electron chi connectivity index (χ2n) is 3.54. The lowest BCUT2D eigenvalue weighted by molar-refractivity contribution is 0.628. The van der Waals surface area contributed by atoms with E-state index in [1.165, 1.54) is 16.7 Å². The first-order valence-corrected chi connectivity index (χ1v) is 4.81. The van der Waals surface area contributed by atoms with Gasteiger partial charge in [0.25, 0.3) is 5.56 Å². The minimum absolute atomic E-state index is 0.202. The molecule has 0 aliphatic heterocycles. The van der Waals surface area contributed by atoms with Crippen LogP contribution >= 0.6 is 0 Å². The maximum absolute atomic E-state index is 12.8. The molecule has 1 aromatic carbocycles. The van der Waals surface area contributed by atoms with Crippen molar-refractivity contribution in [1.29, 1.82) is 0 Å². The van der Waals surface area contributed by atoms with E-state index < -0.39 is 0 Å². The van der Waals surface area contributed by atoms with Crippen LogP contribution in [0.25, 0.3) is 11.3 Å². The topological polar surface area (TPSA) is 48.0 Å². The van der Waals surface area contributed by atoms with Crippen LogP contribution in [0.15, 0.2) is 41.2 Å². The van der Waals surface area contributed by atoms with Gasteiger partial charge in [0.1, 0.15) is 5.82 Å². The molecule has 0 aliphatic carbocycles. The van der Waals surface area contributed by atoms with Gasteiger partial charge in [-0.2, -0.15) is 0 Å². The largest absolute Gasteiger partial charge is 0.394 e. The van der Waals surface area contributed by atoms with E-state index in [2.05, 4.69) is 0 Å². The molecule has 0 saturated heterocycles. The number of halogens is 1. The van der Waals surface area contributed by atoms with Crippen LogP contribution in [0.3, 0.4) is 0 Å². The first-order chi connectivity index (χ1) is 7.59. The van der Waals surface area contributed by atoms with Gasteiger partial charge in [0, 0.05) is 7.05 Å². The van der Waals surface area contributed by atoms with Gasteiger partial charge < -0.3 is 10.3 Å². The third kappa shape index (κ3) is 1.69. The second kappa shape index (κ2) is 3.81. The standard InChI is InChI=1S/C12H11FN2O/c1-15-11(7-6-10(14)12(15)16)8-2-4-9(13)5-3-8/h2-7H,14H2,1H3. The SMILES string of the molecule is Cn1c(-c2ccc(F)cc2)ccc(N)c1=O. The van der Waals surface area contributed by atoms with Crippen LogP contribution in [0, 0.1) is 5.82 Å². The predicted molar refractivity (Wildman–Crippen MR) is 61.5 cm³/mol. The fourth-order valence-corrected chi connectivity index (χ4v) is 1.57. The van der Waals surface area contributed by atoms with Gasteiger partial charge in [0.2, 0.25) is 0 Å². The number of nitrogen functional groups attached to an aromatic ring is 1. The lowest BCUT2D eigenvalue weighted by Crippen LogP contribution is -2.21. The zero-order valence-electron chi connectivity index (χ0n) is 8.77. The zero-order valence-corrected chi connectivity index (χ0v) is 8.77. The molecular formula is C12H11FN2O. The summed E-state index contributed by atoms with van der Waals surface area (Å²) in [5.41, 5.74) is 6.94. The lowest BCUT2D eigenvalue weighted by atomic mass is 10.1. The Morgan fingerprint density at radius 1 is 1.12 bits per heavy atom. The quantitative estimate of drug-likeness (QED) is 0.793. The van der Waals surface area contributed by atoms with Crippen LogP contribution in [-0.2, 0) is 7.05 Å². The Kier molecular flexibility index (Phi) is 2.48. The molecule has 0 amide bonds. The van der Waals surface area contributed by atoms with Crippen LogP contribution in [0.2, 0.25) is 0 Å². The number of pyridine rings is 1. The molecule has 4 heteroatoms. The van der Waals surface area contributed by atoms with Crippen molar-refractivity contribution in [2.24, 2.45) is 7.05 Å². The monoisotopic (exact) mass is 218 g/mol. The molecule has 1 heterocycles. The molecule has 1 aromatic heterocycles. The van der Waals surface area contributed by atoms with Crippen molar-refractivity contribution in [1.82, 2.24) is 4.57 Å². The van der Waals surface area contributed by atoms with Crippen molar-refractivity contribution < 1.29 is 4.39 Å². The highest BCUT2D eigenvalue weighted by Crippen LogP contribution is 2.18. The van der Waals surface area contributed by atoms with E-state index in [1.807, 2.05) is 0 Å². The molecule has 0 radical (unpaired) electrons. The van der Waals surface area contributed by atoms with E-state index in [0.717, 1.165) is 5.56 Å². The summed E-state index contributed by atoms with van der Waals surface area (Å²) in [4.78, 5) is 11.6. The highest BCUT2D eigenvalue weighted by atomic mass is 19.1. The van der Waals surface area contributed by atoms with Crippen LogP contribution < -0.4 is 11.3 Å². The fraction of sp³-hybridized carbons (Fsp3) is 0.0833. The molecule has 0 fully saturated rings. The van der Waals surface area contributed by atoms with Crippen LogP contribution in [-0.4, -0.2) is 4.57 Å². The van der Waals surface area contributed by atoms with Crippen molar-refractivity contribution in [3.05, 3.63) is 52.6 Å². The summed E-state index contributed by atoms with van der Waals surface area (Å²) in [6, 6.07) is 9.26. The van der Waals surface area contributed by atoms with E-state index in [0.29, 0.717) is 5.69 Å². The lowest BCUT2D eigenvalue weighted by Gasteiger charge is -2.08. The predicted octanol–water partition coefficient (Wildman–Crippen LogP) is 1.77. The Balaban J connectivity index is 2.61. The number of nitrogens with zero attached hydrogens (tertiary/aromatic N) is 1. The number of aromatic nitrogens is 1. The maximum atomic E-state index is 12.8. The third-order valence-electron chi connectivity index (χ3n) is 2.47. The Labute approximate surface area is 92.0 Å². The molecule has 0 bridgehead atoms. The maximum Gasteiger partial charge on any atom is 0.273 e. The number of nitrogens with two attached hydrogens (primary N) is 1. The molecule has 2 rings (SSSR count). The molecule has 0 aliphatic rings. The van der Waals surface area contributed by atoms with Crippen LogP contribution in [0.4, 0.5) is 10.1 Å². The van der Waals surface area contributed by atoms with Gasteiger partial charge in [-0.25, -0.2) is 4.39 Å². The van der Waals surface area contributed by atoms with Gasteiger partial charge >= 0.3 is 0 Å². The van der Waals surface area contributed by atoms with E-state index >= 15 is 0 Å². The molecule has 2 aromatic rings. The minimum atomic E-state index is -0.302. The number of anilines is 1. The van der Waals surface area contributed by atoms with Gasteiger partial charge in [-0.1, -0.05) is 0 Å². The molecule has 0 atom stereocenters. The minimum Gasteiger partial charge on any atom is -0.394 e. The summed E-state index contributed by atoms with van der Waals surface area (Å²) >= 11 is 0. The normalized spacial score (nSPS) is 10.4. The molecule has 0 unspecified atom stereocenters. The Morgan fingerprint density at radius 3 is 2.38 bits per heavy atom. The van der Waals surface area contributed by atoms with E-state index in [1.54, 1.807) is 31.3 Å². The van der Waals surface area contributed by atoms with Gasteiger partial charge in [-0.3, -0.25) is 4.79 Å². The van der Waals surface area contributed by atoms with E-state index in [4.69, 9.17) is 5.73 Å². The number of benzene rings is 1. The summed E-state index contributed by atoms with van der Waals surface area (Å²) in [7, 11) is 1.64. The van der Waals surface area contributed by atoms with Crippen molar-refractivity contribution >= 4 is 5.69 Å². The Morgan fingerprint density at radius 2 is 1.75 bits per heavy atom. The summed E-state index contributed by atoms with van der Waals surface area (Å²) in [6.07, 6.45) is 0. The summed E-state index contributed by atoms with van der Waals surface area (Å²) in [6.45, 7) is 0. The Hall–Kier alpha value is -2.10. The summed E-state index contributed by atoms with van der Waals surface area (Å²) < 4.78 is 14.2. The molecule has 82 valence electrons. The van der Waals surface area contributed by atoms with Gasteiger partial charge in [0.05, 0.1) is 11.4 Å². The van der Waals surface area contributed by atoms with E-state index in [9.17, 15) is 9.18 Å². The number of hydrogen-bond acceptors (Lipinski definition) is 2.